The summed E-state index contributed by atoms with van der Waals surface area (Å²) in [5, 5.41) is 21.9. The van der Waals surface area contributed by atoms with Crippen molar-refractivity contribution in [2.75, 3.05) is 0 Å². The van der Waals surface area contributed by atoms with Crippen LogP contribution < -0.4 is 0 Å². The van der Waals surface area contributed by atoms with Gasteiger partial charge in [-0.05, 0) is 105 Å². The fraction of sp³-hybridized carbons (Fsp3) is 0.933. The standard InChI is InChI=1S/C30H48O4/c1-26(2)22-9-8-20-19(28(22,5)13-12-23(26)31)11-15-29(6)18(10-14-30(20,29)7)17-16-21(33-25(17)32)24-27(3,4)34-24/h8,17-19,21-25,31-32H,9-16H2,1-7H3/t17-,18-,19+,21+,22-,23-,24-,25+,28+,29-,30+/m0/s1. The molecule has 6 rings (SSSR count). The lowest BCUT2D eigenvalue weighted by Crippen LogP contribution is -2.58. The third-order valence-corrected chi connectivity index (χ3v) is 13.0. The summed E-state index contributed by atoms with van der Waals surface area (Å²) < 4.78 is 12.0. The van der Waals surface area contributed by atoms with Crippen LogP contribution in [0.15, 0.2) is 11.6 Å². The molecule has 34 heavy (non-hydrogen) atoms. The minimum Gasteiger partial charge on any atom is -0.393 e. The Balaban J connectivity index is 1.29. The molecule has 4 nitrogen and oxygen atoms in total. The lowest BCUT2D eigenvalue weighted by atomic mass is 9.41. The molecule has 0 aromatic heterocycles. The molecule has 0 aromatic carbocycles. The molecular weight excluding hydrogens is 424 g/mol. The van der Waals surface area contributed by atoms with E-state index in [1.165, 1.54) is 25.7 Å². The molecule has 4 aliphatic carbocycles. The molecule has 5 fully saturated rings. The van der Waals surface area contributed by atoms with E-state index in [1.807, 2.05) is 0 Å². The van der Waals surface area contributed by atoms with E-state index in [0.29, 0.717) is 17.8 Å². The summed E-state index contributed by atoms with van der Waals surface area (Å²) in [5.41, 5.74) is 2.28. The van der Waals surface area contributed by atoms with Crippen molar-refractivity contribution in [3.8, 4) is 0 Å². The molecule has 2 N–H and O–H groups in total. The van der Waals surface area contributed by atoms with Crippen LogP contribution in [0.2, 0.25) is 0 Å². The van der Waals surface area contributed by atoms with Crippen molar-refractivity contribution in [2.24, 2.45) is 45.3 Å². The van der Waals surface area contributed by atoms with E-state index in [0.717, 1.165) is 25.7 Å². The zero-order valence-electron chi connectivity index (χ0n) is 22.6. The largest absolute Gasteiger partial charge is 0.393 e. The molecule has 2 saturated heterocycles. The lowest BCUT2D eigenvalue weighted by molar-refractivity contribution is -0.143. The number of fused-ring (bicyclic) bond motifs is 5. The van der Waals surface area contributed by atoms with Gasteiger partial charge >= 0.3 is 0 Å². The monoisotopic (exact) mass is 472 g/mol. The van der Waals surface area contributed by atoms with Gasteiger partial charge in [0.15, 0.2) is 6.29 Å². The Kier molecular flexibility index (Phi) is 5.01. The molecule has 0 amide bonds. The number of epoxide rings is 1. The summed E-state index contributed by atoms with van der Waals surface area (Å²) in [6, 6.07) is 0. The maximum atomic E-state index is 11.0. The van der Waals surface area contributed by atoms with Gasteiger partial charge in [0.1, 0.15) is 6.10 Å². The Bertz CT molecular complexity index is 892. The van der Waals surface area contributed by atoms with Crippen LogP contribution in [0.5, 0.6) is 0 Å². The highest BCUT2D eigenvalue weighted by molar-refractivity contribution is 5.33. The quantitative estimate of drug-likeness (QED) is 0.391. The minimum absolute atomic E-state index is 0.0200. The first-order chi connectivity index (χ1) is 15.8. The SMILES string of the molecule is CC1(C)O[C@H]1[C@H]1C[C@@H]([C@@H]2CC[C@]3(C)C4=CC[C@H]5C(C)(C)[C@@H](O)CC[C@]5(C)[C@@H]4CC[C@@]23C)[C@H](O)O1. The molecule has 4 heteroatoms. The molecule has 3 saturated carbocycles. The van der Waals surface area contributed by atoms with Crippen molar-refractivity contribution in [1.82, 2.24) is 0 Å². The number of hydrogen-bond donors (Lipinski definition) is 2. The second-order valence-corrected chi connectivity index (χ2v) is 14.9. The Labute approximate surface area is 206 Å². The van der Waals surface area contributed by atoms with Crippen LogP contribution in [0.1, 0.15) is 99.8 Å². The second kappa shape index (κ2) is 7.11. The van der Waals surface area contributed by atoms with Crippen molar-refractivity contribution in [1.29, 1.82) is 0 Å². The zero-order valence-corrected chi connectivity index (χ0v) is 22.6. The van der Waals surface area contributed by atoms with E-state index >= 15 is 0 Å². The summed E-state index contributed by atoms with van der Waals surface area (Å²) >= 11 is 0. The van der Waals surface area contributed by atoms with Gasteiger partial charge in [-0.3, -0.25) is 0 Å². The third kappa shape index (κ3) is 2.92. The van der Waals surface area contributed by atoms with Gasteiger partial charge in [0, 0.05) is 5.92 Å². The second-order valence-electron chi connectivity index (χ2n) is 14.9. The molecule has 0 bridgehead atoms. The van der Waals surface area contributed by atoms with E-state index in [-0.39, 0.29) is 51.5 Å². The van der Waals surface area contributed by atoms with Crippen molar-refractivity contribution in [2.45, 2.75) is 130 Å². The topological polar surface area (TPSA) is 62.2 Å². The van der Waals surface area contributed by atoms with Gasteiger partial charge in [0.25, 0.3) is 0 Å². The third-order valence-electron chi connectivity index (χ3n) is 13.0. The van der Waals surface area contributed by atoms with Crippen molar-refractivity contribution in [3.63, 3.8) is 0 Å². The Morgan fingerprint density at radius 3 is 2.29 bits per heavy atom. The Hall–Kier alpha value is -0.420. The van der Waals surface area contributed by atoms with Crippen LogP contribution in [-0.4, -0.2) is 40.4 Å². The number of aliphatic hydroxyl groups excluding tert-OH is 2. The van der Waals surface area contributed by atoms with Crippen molar-refractivity contribution >= 4 is 0 Å². The fourth-order valence-corrected chi connectivity index (χ4v) is 10.5. The average Bonchev–Trinajstić information content (AvgIpc) is 3.08. The lowest BCUT2D eigenvalue weighted by Gasteiger charge is -2.64. The van der Waals surface area contributed by atoms with Crippen LogP contribution in [0.4, 0.5) is 0 Å². The average molecular weight is 473 g/mol. The molecule has 11 atom stereocenters. The highest BCUT2D eigenvalue weighted by Crippen LogP contribution is 2.73. The number of allylic oxidation sites excluding steroid dienone is 2. The Morgan fingerprint density at radius 1 is 0.912 bits per heavy atom. The van der Waals surface area contributed by atoms with Crippen LogP contribution in [0.25, 0.3) is 0 Å². The van der Waals surface area contributed by atoms with E-state index in [4.69, 9.17) is 9.47 Å². The molecule has 6 aliphatic rings. The van der Waals surface area contributed by atoms with Gasteiger partial charge in [-0.2, -0.15) is 0 Å². The summed E-state index contributed by atoms with van der Waals surface area (Å²) in [6.07, 6.45) is 11.0. The van der Waals surface area contributed by atoms with Gasteiger partial charge in [-0.15, -0.1) is 0 Å². The summed E-state index contributed by atoms with van der Waals surface area (Å²) in [7, 11) is 0. The first-order valence-corrected chi connectivity index (χ1v) is 14.2. The van der Waals surface area contributed by atoms with Crippen LogP contribution in [0, 0.1) is 45.3 Å². The van der Waals surface area contributed by atoms with E-state index in [1.54, 1.807) is 5.57 Å². The fourth-order valence-electron chi connectivity index (χ4n) is 10.5. The molecule has 192 valence electrons. The number of aliphatic hydroxyl groups is 2. The molecule has 0 spiro atoms. The maximum absolute atomic E-state index is 11.0. The van der Waals surface area contributed by atoms with E-state index in [9.17, 15) is 10.2 Å². The van der Waals surface area contributed by atoms with Gasteiger partial charge in [-0.1, -0.05) is 46.3 Å². The maximum Gasteiger partial charge on any atom is 0.158 e. The smallest absolute Gasteiger partial charge is 0.158 e. The Morgan fingerprint density at radius 2 is 1.62 bits per heavy atom. The molecule has 0 radical (unpaired) electrons. The molecule has 2 aliphatic heterocycles. The van der Waals surface area contributed by atoms with Gasteiger partial charge < -0.3 is 19.7 Å². The molecule has 0 aromatic rings. The highest BCUT2D eigenvalue weighted by Gasteiger charge is 2.67. The zero-order chi connectivity index (χ0) is 24.5. The van der Waals surface area contributed by atoms with Crippen molar-refractivity contribution < 1.29 is 19.7 Å². The van der Waals surface area contributed by atoms with Gasteiger partial charge in [0.2, 0.25) is 0 Å². The van der Waals surface area contributed by atoms with Gasteiger partial charge in [0.05, 0.1) is 17.8 Å². The van der Waals surface area contributed by atoms with E-state index < -0.39 is 6.29 Å². The molecule has 0 unspecified atom stereocenters. The summed E-state index contributed by atoms with van der Waals surface area (Å²) in [5.74, 6) is 1.89. The first kappa shape index (κ1) is 23.9. The minimum atomic E-state index is -0.658. The van der Waals surface area contributed by atoms with Crippen LogP contribution in [0.3, 0.4) is 0 Å². The van der Waals surface area contributed by atoms with E-state index in [2.05, 4.69) is 54.5 Å². The molecular formula is C30H48O4. The van der Waals surface area contributed by atoms with Crippen LogP contribution >= 0.6 is 0 Å². The first-order valence-electron chi connectivity index (χ1n) is 14.2. The summed E-state index contributed by atoms with van der Waals surface area (Å²) in [4.78, 5) is 0. The molecule has 2 heterocycles. The van der Waals surface area contributed by atoms with Gasteiger partial charge in [-0.25, -0.2) is 0 Å². The van der Waals surface area contributed by atoms with Crippen molar-refractivity contribution in [3.05, 3.63) is 11.6 Å². The predicted octanol–water partition coefficient (Wildman–Crippen LogP) is 5.85. The highest BCUT2D eigenvalue weighted by atomic mass is 16.7. The van der Waals surface area contributed by atoms with Crippen LogP contribution in [-0.2, 0) is 9.47 Å². The predicted molar refractivity (Wildman–Crippen MR) is 133 cm³/mol. The number of ether oxygens (including phenoxy) is 2. The summed E-state index contributed by atoms with van der Waals surface area (Å²) in [6.45, 7) is 16.5. The normalized spacial score (nSPS) is 57.4. The number of rotatable bonds is 2. The number of hydrogen-bond acceptors (Lipinski definition) is 4.